The molecule has 0 atom stereocenters. The summed E-state index contributed by atoms with van der Waals surface area (Å²) in [6.07, 6.45) is 0. The van der Waals surface area contributed by atoms with Gasteiger partial charge < -0.3 is 8.83 Å². The molecule has 11 rings (SSSR count). The van der Waals surface area contributed by atoms with Crippen LogP contribution in [0.15, 0.2) is 185 Å². The summed E-state index contributed by atoms with van der Waals surface area (Å²) in [5.41, 5.74) is 10.6. The fraction of sp³-hybridized carbons (Fsp3) is 0. The predicted molar refractivity (Wildman–Crippen MR) is 219 cm³/mol. The van der Waals surface area contributed by atoms with E-state index in [9.17, 15) is 0 Å². The van der Waals surface area contributed by atoms with Gasteiger partial charge in [-0.15, -0.1) is 0 Å². The Hall–Kier alpha value is -7.37. The van der Waals surface area contributed by atoms with Crippen LogP contribution in [0, 0.1) is 0 Å². The minimum atomic E-state index is 0.565. The molecule has 54 heavy (non-hydrogen) atoms. The second-order valence-electron chi connectivity index (χ2n) is 13.6. The monoisotopic (exact) mass is 691 g/mol. The van der Waals surface area contributed by atoms with Gasteiger partial charge in [-0.25, -0.2) is 15.0 Å². The number of nitrogens with zero attached hydrogens (tertiary/aromatic N) is 3. The Morgan fingerprint density at radius 2 is 0.648 bits per heavy atom. The maximum atomic E-state index is 6.25. The Morgan fingerprint density at radius 1 is 0.259 bits per heavy atom. The van der Waals surface area contributed by atoms with Gasteiger partial charge in [-0.1, -0.05) is 127 Å². The smallest absolute Gasteiger partial charge is 0.164 e. The molecule has 8 aromatic carbocycles. The molecule has 0 N–H and O–H groups in total. The Labute approximate surface area is 309 Å². The minimum absolute atomic E-state index is 0.565. The van der Waals surface area contributed by atoms with E-state index in [0.717, 1.165) is 71.7 Å². The van der Waals surface area contributed by atoms with E-state index in [0.29, 0.717) is 17.5 Å². The van der Waals surface area contributed by atoms with Crippen LogP contribution in [0.1, 0.15) is 0 Å². The minimum Gasteiger partial charge on any atom is -0.456 e. The van der Waals surface area contributed by atoms with Crippen molar-refractivity contribution in [3.63, 3.8) is 0 Å². The molecule has 5 nitrogen and oxygen atoms in total. The molecule has 0 saturated heterocycles. The van der Waals surface area contributed by atoms with Gasteiger partial charge in [0.15, 0.2) is 17.5 Å². The summed E-state index contributed by atoms with van der Waals surface area (Å²) in [7, 11) is 0. The predicted octanol–water partition coefficient (Wildman–Crippen LogP) is 13.2. The van der Waals surface area contributed by atoms with E-state index in [1.807, 2.05) is 54.6 Å². The number of rotatable bonds is 5. The van der Waals surface area contributed by atoms with E-state index in [4.69, 9.17) is 23.8 Å². The Bertz CT molecular complexity index is 3080. The van der Waals surface area contributed by atoms with Crippen molar-refractivity contribution >= 4 is 54.6 Å². The molecular weight excluding hydrogens is 663 g/mol. The molecule has 3 heterocycles. The number of furan rings is 2. The van der Waals surface area contributed by atoms with Crippen molar-refractivity contribution in [2.45, 2.75) is 0 Å². The highest BCUT2D eigenvalue weighted by atomic mass is 16.3. The second-order valence-corrected chi connectivity index (χ2v) is 13.6. The Kier molecular flexibility index (Phi) is 6.79. The standard InChI is InChI=1S/C49H29N3O2/c1-2-8-30(9-3-1)33-18-20-36-27-34(19-21-35(36)26-33)31-14-16-32(17-15-31)47-50-48(37-22-24-41-39-10-4-6-12-43(39)53-45(41)28-37)52-49(51-47)38-23-25-42-40-11-5-7-13-44(40)54-46(42)29-38/h1-29H. The van der Waals surface area contributed by atoms with Crippen LogP contribution in [0.3, 0.4) is 0 Å². The highest BCUT2D eigenvalue weighted by Crippen LogP contribution is 2.35. The first-order valence-electron chi connectivity index (χ1n) is 18.0. The number of hydrogen-bond donors (Lipinski definition) is 0. The van der Waals surface area contributed by atoms with Gasteiger partial charge >= 0.3 is 0 Å². The van der Waals surface area contributed by atoms with E-state index < -0.39 is 0 Å². The van der Waals surface area contributed by atoms with Crippen molar-refractivity contribution in [1.29, 1.82) is 0 Å². The van der Waals surface area contributed by atoms with Gasteiger partial charge in [-0.05, 0) is 81.6 Å². The molecule has 3 aromatic heterocycles. The number of fused-ring (bicyclic) bond motifs is 7. The summed E-state index contributed by atoms with van der Waals surface area (Å²) >= 11 is 0. The third-order valence-electron chi connectivity index (χ3n) is 10.3. The molecular formula is C49H29N3O2. The van der Waals surface area contributed by atoms with Gasteiger partial charge in [0.25, 0.3) is 0 Å². The summed E-state index contributed by atoms with van der Waals surface area (Å²) < 4.78 is 12.5. The molecule has 0 bridgehead atoms. The van der Waals surface area contributed by atoms with Gasteiger partial charge in [-0.2, -0.15) is 0 Å². The van der Waals surface area contributed by atoms with Crippen molar-refractivity contribution < 1.29 is 8.83 Å². The fourth-order valence-corrected chi connectivity index (χ4v) is 7.54. The molecule has 11 aromatic rings. The van der Waals surface area contributed by atoms with E-state index in [1.165, 1.54) is 21.9 Å². The van der Waals surface area contributed by atoms with Gasteiger partial charge in [0.1, 0.15) is 22.3 Å². The summed E-state index contributed by atoms with van der Waals surface area (Å²) in [4.78, 5) is 15.1. The lowest BCUT2D eigenvalue weighted by atomic mass is 9.97. The molecule has 0 aliphatic carbocycles. The molecule has 0 saturated carbocycles. The lowest BCUT2D eigenvalue weighted by Gasteiger charge is -2.10. The number of benzene rings is 8. The quantitative estimate of drug-likeness (QED) is 0.180. The van der Waals surface area contributed by atoms with Crippen molar-refractivity contribution in [3.05, 3.63) is 176 Å². The van der Waals surface area contributed by atoms with E-state index in [1.54, 1.807) is 0 Å². The van der Waals surface area contributed by atoms with Gasteiger partial charge in [0.2, 0.25) is 0 Å². The van der Waals surface area contributed by atoms with Crippen molar-refractivity contribution in [2.75, 3.05) is 0 Å². The third kappa shape index (κ3) is 5.13. The number of para-hydroxylation sites is 2. The van der Waals surface area contributed by atoms with E-state index in [2.05, 4.69) is 121 Å². The van der Waals surface area contributed by atoms with Gasteiger partial charge in [0.05, 0.1) is 0 Å². The molecule has 0 aliphatic heterocycles. The zero-order valence-corrected chi connectivity index (χ0v) is 28.9. The maximum Gasteiger partial charge on any atom is 0.164 e. The fourth-order valence-electron chi connectivity index (χ4n) is 7.54. The Balaban J connectivity index is 0.997. The normalized spacial score (nSPS) is 11.7. The average molecular weight is 692 g/mol. The first-order valence-corrected chi connectivity index (χ1v) is 18.0. The molecule has 0 radical (unpaired) electrons. The maximum absolute atomic E-state index is 6.25. The van der Waals surface area contributed by atoms with Gasteiger partial charge in [-0.3, -0.25) is 0 Å². The van der Waals surface area contributed by atoms with Crippen LogP contribution in [0.5, 0.6) is 0 Å². The van der Waals surface area contributed by atoms with Crippen molar-refractivity contribution in [2.24, 2.45) is 0 Å². The van der Waals surface area contributed by atoms with Crippen LogP contribution in [0.4, 0.5) is 0 Å². The highest BCUT2D eigenvalue weighted by molar-refractivity contribution is 6.07. The molecule has 252 valence electrons. The summed E-state index contributed by atoms with van der Waals surface area (Å²) in [6, 6.07) is 60.7. The molecule has 0 spiro atoms. The van der Waals surface area contributed by atoms with Crippen LogP contribution in [0.2, 0.25) is 0 Å². The van der Waals surface area contributed by atoms with Crippen LogP contribution in [-0.4, -0.2) is 15.0 Å². The molecule has 0 amide bonds. The van der Waals surface area contributed by atoms with Gasteiger partial charge in [0, 0.05) is 38.2 Å². The zero-order chi connectivity index (χ0) is 35.6. The number of aromatic nitrogens is 3. The van der Waals surface area contributed by atoms with Crippen LogP contribution >= 0.6 is 0 Å². The first kappa shape index (κ1) is 30.3. The number of hydrogen-bond acceptors (Lipinski definition) is 5. The molecule has 0 aliphatic rings. The molecule has 0 fully saturated rings. The van der Waals surface area contributed by atoms with Crippen LogP contribution in [-0.2, 0) is 0 Å². The van der Waals surface area contributed by atoms with E-state index in [-0.39, 0.29) is 0 Å². The van der Waals surface area contributed by atoms with Crippen LogP contribution < -0.4 is 0 Å². The highest BCUT2D eigenvalue weighted by Gasteiger charge is 2.16. The summed E-state index contributed by atoms with van der Waals surface area (Å²) in [5.74, 6) is 1.72. The first-order chi connectivity index (χ1) is 26.7. The second kappa shape index (κ2) is 12.1. The van der Waals surface area contributed by atoms with E-state index >= 15 is 0 Å². The summed E-state index contributed by atoms with van der Waals surface area (Å²) in [6.45, 7) is 0. The third-order valence-corrected chi connectivity index (χ3v) is 10.3. The summed E-state index contributed by atoms with van der Waals surface area (Å²) in [5, 5.41) is 6.69. The Morgan fingerprint density at radius 3 is 1.19 bits per heavy atom. The SMILES string of the molecule is c1ccc(-c2ccc3cc(-c4ccc(-c5nc(-c6ccc7c(c6)oc6ccccc67)nc(-c6ccc7c(c6)oc6ccccc67)n5)cc4)ccc3c2)cc1. The lowest BCUT2D eigenvalue weighted by Crippen LogP contribution is -2.00. The van der Waals surface area contributed by atoms with Crippen molar-refractivity contribution in [1.82, 2.24) is 15.0 Å². The average Bonchev–Trinajstić information content (AvgIpc) is 3.81. The largest absolute Gasteiger partial charge is 0.456 e. The zero-order valence-electron chi connectivity index (χ0n) is 28.9. The van der Waals surface area contributed by atoms with Crippen LogP contribution in [0.25, 0.3) is 111 Å². The molecule has 0 unspecified atom stereocenters. The molecule has 5 heteroatoms. The lowest BCUT2D eigenvalue weighted by molar-refractivity contribution is 0.668. The van der Waals surface area contributed by atoms with Crippen molar-refractivity contribution in [3.8, 4) is 56.4 Å². The topological polar surface area (TPSA) is 65.0 Å².